The number of fused-ring (bicyclic) bond motifs is 8. The minimum atomic E-state index is -0.813. The maximum atomic E-state index is 7.40. The van der Waals surface area contributed by atoms with E-state index in [1.165, 1.54) is 11.1 Å². The van der Waals surface area contributed by atoms with Gasteiger partial charge in [-0.1, -0.05) is 80.6 Å². The number of ether oxygens (including phenoxy) is 3. The molecular formula is C38H35NO3. The molecule has 1 unspecified atom stereocenters. The van der Waals surface area contributed by atoms with Crippen LogP contribution in [0.15, 0.2) is 103 Å². The molecule has 5 aromatic rings. The van der Waals surface area contributed by atoms with Crippen LogP contribution in [0.4, 0.5) is 5.69 Å². The third-order valence-corrected chi connectivity index (χ3v) is 8.69. The summed E-state index contributed by atoms with van der Waals surface area (Å²) in [6.45, 7) is 5.09. The summed E-state index contributed by atoms with van der Waals surface area (Å²) in [7, 11) is 5.83. The van der Waals surface area contributed by atoms with Gasteiger partial charge in [0.15, 0.2) is 5.60 Å². The van der Waals surface area contributed by atoms with E-state index in [-0.39, 0.29) is 5.41 Å². The second-order valence-corrected chi connectivity index (χ2v) is 12.1. The quantitative estimate of drug-likeness (QED) is 0.223. The summed E-state index contributed by atoms with van der Waals surface area (Å²) >= 11 is 0. The third-order valence-electron chi connectivity index (χ3n) is 8.69. The van der Waals surface area contributed by atoms with Crippen LogP contribution in [0.1, 0.15) is 36.1 Å². The molecule has 0 radical (unpaired) electrons. The summed E-state index contributed by atoms with van der Waals surface area (Å²) in [5.41, 5.74) is 6.82. The van der Waals surface area contributed by atoms with E-state index in [0.717, 1.165) is 56.0 Å². The molecule has 1 atom stereocenters. The summed E-state index contributed by atoms with van der Waals surface area (Å²) in [4.78, 5) is 2.11. The zero-order chi connectivity index (χ0) is 29.1. The van der Waals surface area contributed by atoms with E-state index in [1.54, 1.807) is 7.11 Å². The summed E-state index contributed by atoms with van der Waals surface area (Å²) < 4.78 is 19.6. The van der Waals surface area contributed by atoms with Gasteiger partial charge in [-0.25, -0.2) is 0 Å². The van der Waals surface area contributed by atoms with Gasteiger partial charge in [-0.3, -0.25) is 0 Å². The second kappa shape index (κ2) is 9.70. The summed E-state index contributed by atoms with van der Waals surface area (Å²) in [5.74, 6) is 2.56. The normalized spacial score (nSPS) is 18.1. The number of hydrogen-bond acceptors (Lipinski definition) is 4. The summed E-state index contributed by atoms with van der Waals surface area (Å²) in [6, 6.07) is 33.9. The molecule has 42 heavy (non-hydrogen) atoms. The number of benzene rings is 5. The van der Waals surface area contributed by atoms with Gasteiger partial charge < -0.3 is 19.1 Å². The highest BCUT2D eigenvalue weighted by Crippen LogP contribution is 2.54. The Morgan fingerprint density at radius 2 is 1.50 bits per heavy atom. The van der Waals surface area contributed by atoms with Gasteiger partial charge in [0.25, 0.3) is 0 Å². The molecule has 4 heteroatoms. The predicted molar refractivity (Wildman–Crippen MR) is 172 cm³/mol. The van der Waals surface area contributed by atoms with Crippen LogP contribution in [0.25, 0.3) is 28.0 Å². The van der Waals surface area contributed by atoms with Crippen LogP contribution in [-0.2, 0) is 11.0 Å². The molecular weight excluding hydrogens is 518 g/mol. The number of nitrogens with zero attached hydrogens (tertiary/aromatic N) is 1. The number of hydrogen-bond donors (Lipinski definition) is 0. The molecule has 210 valence electrons. The van der Waals surface area contributed by atoms with Gasteiger partial charge in [-0.05, 0) is 59.0 Å². The minimum absolute atomic E-state index is 0.277. The van der Waals surface area contributed by atoms with Gasteiger partial charge in [-0.2, -0.15) is 0 Å². The average molecular weight is 554 g/mol. The van der Waals surface area contributed by atoms with Gasteiger partial charge in [0.2, 0.25) is 0 Å². The van der Waals surface area contributed by atoms with E-state index in [9.17, 15) is 0 Å². The van der Waals surface area contributed by atoms with Gasteiger partial charge in [0.05, 0.1) is 13.7 Å². The third kappa shape index (κ3) is 3.97. The molecule has 0 aromatic heterocycles. The van der Waals surface area contributed by atoms with Crippen LogP contribution in [0.5, 0.6) is 17.2 Å². The highest BCUT2D eigenvalue weighted by atomic mass is 16.5. The fourth-order valence-corrected chi connectivity index (χ4v) is 6.53. The lowest BCUT2D eigenvalue weighted by Crippen LogP contribution is -2.35. The number of methoxy groups -OCH3 is 1. The van der Waals surface area contributed by atoms with Crippen molar-refractivity contribution in [3.05, 3.63) is 125 Å². The fourth-order valence-electron chi connectivity index (χ4n) is 6.53. The van der Waals surface area contributed by atoms with E-state index in [0.29, 0.717) is 6.61 Å². The minimum Gasteiger partial charge on any atom is -0.497 e. The molecule has 0 saturated carbocycles. The standard InChI is InChI=1S/C38H35NO3/c1-37(2)24-41-33-14-10-9-13-30(33)34-29-20-19-28(40-5)23-32(29)36-31(35(34)37)21-22-38(42-36,25-11-7-6-8-12-25)26-15-17-27(18-16-26)39(3)4/h6-23H,24H2,1-5H3. The molecule has 2 aliphatic heterocycles. The molecule has 0 N–H and O–H groups in total. The Morgan fingerprint density at radius 1 is 0.786 bits per heavy atom. The number of rotatable bonds is 4. The first-order valence-electron chi connectivity index (χ1n) is 14.4. The largest absolute Gasteiger partial charge is 0.497 e. The summed E-state index contributed by atoms with van der Waals surface area (Å²) in [6.07, 6.45) is 4.51. The lowest BCUT2D eigenvalue weighted by atomic mass is 9.74. The van der Waals surface area contributed by atoms with Crippen molar-refractivity contribution < 1.29 is 14.2 Å². The molecule has 0 fully saturated rings. The molecule has 0 saturated heterocycles. The maximum absolute atomic E-state index is 7.40. The van der Waals surface area contributed by atoms with E-state index >= 15 is 0 Å². The zero-order valence-electron chi connectivity index (χ0n) is 24.8. The molecule has 0 bridgehead atoms. The highest BCUT2D eigenvalue weighted by Gasteiger charge is 2.42. The van der Waals surface area contributed by atoms with E-state index in [4.69, 9.17) is 14.2 Å². The molecule has 4 nitrogen and oxygen atoms in total. The fraction of sp³-hybridized carbons (Fsp3) is 0.211. The van der Waals surface area contributed by atoms with E-state index < -0.39 is 5.60 Å². The highest BCUT2D eigenvalue weighted by molar-refractivity contribution is 6.07. The Balaban J connectivity index is 1.57. The number of anilines is 1. The Hall–Kier alpha value is -4.70. The first-order chi connectivity index (χ1) is 20.3. The van der Waals surface area contributed by atoms with Crippen molar-refractivity contribution in [1.82, 2.24) is 0 Å². The van der Waals surface area contributed by atoms with Crippen LogP contribution in [-0.4, -0.2) is 27.8 Å². The van der Waals surface area contributed by atoms with Crippen molar-refractivity contribution in [3.63, 3.8) is 0 Å². The Bertz CT molecular complexity index is 1840. The Labute approximate surface area is 247 Å². The molecule has 0 amide bonds. The van der Waals surface area contributed by atoms with Gasteiger partial charge >= 0.3 is 0 Å². The van der Waals surface area contributed by atoms with Crippen molar-refractivity contribution in [2.75, 3.05) is 32.7 Å². The Kier molecular flexibility index (Phi) is 6.05. The van der Waals surface area contributed by atoms with Crippen LogP contribution in [0.2, 0.25) is 0 Å². The van der Waals surface area contributed by atoms with Crippen LogP contribution < -0.4 is 19.1 Å². The molecule has 0 aliphatic carbocycles. The van der Waals surface area contributed by atoms with Crippen molar-refractivity contribution in [2.45, 2.75) is 24.9 Å². The second-order valence-electron chi connectivity index (χ2n) is 12.1. The first kappa shape index (κ1) is 26.2. The lowest BCUT2D eigenvalue weighted by Gasteiger charge is -2.39. The predicted octanol–water partition coefficient (Wildman–Crippen LogP) is 8.60. The molecule has 7 rings (SSSR count). The topological polar surface area (TPSA) is 30.9 Å². The van der Waals surface area contributed by atoms with Gasteiger partial charge in [0.1, 0.15) is 17.2 Å². The van der Waals surface area contributed by atoms with Crippen LogP contribution in [0.3, 0.4) is 0 Å². The molecule has 2 heterocycles. The van der Waals surface area contributed by atoms with Crippen LogP contribution >= 0.6 is 0 Å². The van der Waals surface area contributed by atoms with E-state index in [2.05, 4.69) is 124 Å². The molecule has 5 aromatic carbocycles. The van der Waals surface area contributed by atoms with Crippen LogP contribution in [0, 0.1) is 0 Å². The monoisotopic (exact) mass is 553 g/mol. The SMILES string of the molecule is COc1ccc2c3c(c4c(c2c1)OC(c1ccccc1)(c1ccc(N(C)C)cc1)C=C4)C(C)(C)COc1ccccc1-3. The van der Waals surface area contributed by atoms with Gasteiger partial charge in [-0.15, -0.1) is 0 Å². The van der Waals surface area contributed by atoms with Crippen molar-refractivity contribution >= 4 is 22.5 Å². The van der Waals surface area contributed by atoms with Crippen molar-refractivity contribution in [2.24, 2.45) is 0 Å². The molecule has 2 aliphatic rings. The zero-order valence-corrected chi connectivity index (χ0v) is 24.8. The summed E-state index contributed by atoms with van der Waals surface area (Å²) in [5, 5.41) is 2.14. The number of para-hydroxylation sites is 1. The maximum Gasteiger partial charge on any atom is 0.178 e. The average Bonchev–Trinajstić information content (AvgIpc) is 3.15. The van der Waals surface area contributed by atoms with Crippen molar-refractivity contribution in [1.29, 1.82) is 0 Å². The lowest BCUT2D eigenvalue weighted by molar-refractivity contribution is 0.163. The molecule has 0 spiro atoms. The van der Waals surface area contributed by atoms with Crippen molar-refractivity contribution in [3.8, 4) is 28.4 Å². The van der Waals surface area contributed by atoms with E-state index in [1.807, 2.05) is 18.2 Å². The first-order valence-corrected chi connectivity index (χ1v) is 14.4. The smallest absolute Gasteiger partial charge is 0.178 e. The van der Waals surface area contributed by atoms with Gasteiger partial charge in [0, 0.05) is 52.8 Å². The Morgan fingerprint density at radius 3 is 2.24 bits per heavy atom.